The molecule has 2 rings (SSSR count). The van der Waals surface area contributed by atoms with Gasteiger partial charge in [-0.05, 0) is 22.0 Å². The van der Waals surface area contributed by atoms with Gasteiger partial charge in [0.2, 0.25) is 0 Å². The maximum Gasteiger partial charge on any atom is 0.305 e. The van der Waals surface area contributed by atoms with E-state index in [-0.39, 0.29) is 18.9 Å². The van der Waals surface area contributed by atoms with Crippen LogP contribution in [0.15, 0.2) is 22.9 Å². The number of carboxylic acids is 1. The van der Waals surface area contributed by atoms with Crippen LogP contribution >= 0.6 is 15.9 Å². The molecule has 0 radical (unpaired) electrons. The first-order valence-electron chi connectivity index (χ1n) is 5.79. The number of hydrogen-bond acceptors (Lipinski definition) is 4. The number of aliphatic carboxylic acids is 1. The van der Waals surface area contributed by atoms with Gasteiger partial charge in [0.05, 0.1) is 31.2 Å². The summed E-state index contributed by atoms with van der Waals surface area (Å²) in [7, 11) is 0. The number of carbonyl (C=O) groups is 2. The Morgan fingerprint density at radius 3 is 3.05 bits per heavy atom. The van der Waals surface area contributed by atoms with E-state index in [1.165, 1.54) is 6.20 Å². The summed E-state index contributed by atoms with van der Waals surface area (Å²) in [6.07, 6.45) is 2.96. The van der Waals surface area contributed by atoms with Crippen LogP contribution in [-0.4, -0.2) is 52.7 Å². The highest BCUT2D eigenvalue weighted by atomic mass is 79.9. The quantitative estimate of drug-likeness (QED) is 0.900. The number of aromatic nitrogens is 1. The molecular formula is C12H13BrN2O4. The van der Waals surface area contributed by atoms with E-state index < -0.39 is 12.0 Å². The summed E-state index contributed by atoms with van der Waals surface area (Å²) in [5, 5.41) is 8.88. The van der Waals surface area contributed by atoms with Gasteiger partial charge in [0.1, 0.15) is 0 Å². The maximum atomic E-state index is 12.4. The number of carboxylic acid groups (broad SMARTS) is 1. The van der Waals surface area contributed by atoms with Gasteiger partial charge in [0.15, 0.2) is 0 Å². The lowest BCUT2D eigenvalue weighted by atomic mass is 10.1. The zero-order valence-corrected chi connectivity index (χ0v) is 11.7. The molecule has 6 nitrogen and oxygen atoms in total. The second-order valence-corrected chi connectivity index (χ2v) is 5.04. The van der Waals surface area contributed by atoms with Gasteiger partial charge in [-0.2, -0.15) is 0 Å². The molecule has 0 aromatic carbocycles. The maximum absolute atomic E-state index is 12.4. The van der Waals surface area contributed by atoms with Crippen LogP contribution in [-0.2, 0) is 9.53 Å². The Hall–Kier alpha value is -1.47. The molecule has 1 atom stereocenters. The first-order valence-corrected chi connectivity index (χ1v) is 6.59. The molecule has 1 unspecified atom stereocenters. The summed E-state index contributed by atoms with van der Waals surface area (Å²) in [4.78, 5) is 28.7. The first-order chi connectivity index (χ1) is 9.09. The molecule has 1 fully saturated rings. The number of hydrogen-bond donors (Lipinski definition) is 1. The normalized spacial score (nSPS) is 19.2. The molecule has 1 aliphatic rings. The molecule has 2 heterocycles. The largest absolute Gasteiger partial charge is 0.481 e. The second-order valence-electron chi connectivity index (χ2n) is 4.18. The van der Waals surface area contributed by atoms with Crippen LogP contribution in [0.25, 0.3) is 0 Å². The zero-order chi connectivity index (χ0) is 13.8. The molecule has 1 amide bonds. The Bertz CT molecular complexity index is 494. The highest BCUT2D eigenvalue weighted by Crippen LogP contribution is 2.20. The Balaban J connectivity index is 2.20. The molecule has 7 heteroatoms. The van der Waals surface area contributed by atoms with Gasteiger partial charge in [0, 0.05) is 23.4 Å². The van der Waals surface area contributed by atoms with E-state index in [9.17, 15) is 9.59 Å². The van der Waals surface area contributed by atoms with E-state index in [0.29, 0.717) is 23.2 Å². The summed E-state index contributed by atoms with van der Waals surface area (Å²) in [6, 6.07) is 1.18. The van der Waals surface area contributed by atoms with Crippen molar-refractivity contribution in [1.82, 2.24) is 9.88 Å². The van der Waals surface area contributed by atoms with Gasteiger partial charge >= 0.3 is 5.97 Å². The van der Waals surface area contributed by atoms with Crippen LogP contribution in [0.4, 0.5) is 0 Å². The lowest BCUT2D eigenvalue weighted by Gasteiger charge is -2.35. The topological polar surface area (TPSA) is 79.7 Å². The highest BCUT2D eigenvalue weighted by molar-refractivity contribution is 9.10. The zero-order valence-electron chi connectivity index (χ0n) is 10.1. The Kier molecular flexibility index (Phi) is 4.49. The first kappa shape index (κ1) is 14.0. The van der Waals surface area contributed by atoms with Crippen molar-refractivity contribution in [2.45, 2.75) is 12.5 Å². The Morgan fingerprint density at radius 2 is 2.37 bits per heavy atom. The van der Waals surface area contributed by atoms with Crippen LogP contribution in [0.5, 0.6) is 0 Å². The minimum absolute atomic E-state index is 0.117. The predicted molar refractivity (Wildman–Crippen MR) is 69.8 cm³/mol. The van der Waals surface area contributed by atoms with Crippen molar-refractivity contribution < 1.29 is 19.4 Å². The summed E-state index contributed by atoms with van der Waals surface area (Å²) >= 11 is 3.28. The molecular weight excluding hydrogens is 316 g/mol. The van der Waals surface area contributed by atoms with E-state index >= 15 is 0 Å². The van der Waals surface area contributed by atoms with Crippen LogP contribution in [0.2, 0.25) is 0 Å². The number of ether oxygens (including phenoxy) is 1. The van der Waals surface area contributed by atoms with Gasteiger partial charge in [-0.1, -0.05) is 0 Å². The molecule has 1 aromatic rings. The van der Waals surface area contributed by atoms with E-state index in [1.807, 2.05) is 0 Å². The monoisotopic (exact) mass is 328 g/mol. The number of rotatable bonds is 3. The fourth-order valence-electron chi connectivity index (χ4n) is 2.00. The summed E-state index contributed by atoms with van der Waals surface area (Å²) < 4.78 is 5.85. The third-order valence-corrected chi connectivity index (χ3v) is 3.53. The number of amides is 1. The second kappa shape index (κ2) is 6.12. The van der Waals surface area contributed by atoms with Crippen molar-refractivity contribution in [1.29, 1.82) is 0 Å². The average molecular weight is 329 g/mol. The number of halogens is 1. The van der Waals surface area contributed by atoms with Crippen LogP contribution < -0.4 is 0 Å². The summed E-state index contributed by atoms with van der Waals surface area (Å²) in [5.74, 6) is -1.15. The third-order valence-electron chi connectivity index (χ3n) is 2.90. The number of morpholine rings is 1. The third kappa shape index (κ3) is 3.30. The molecule has 0 aliphatic carbocycles. The van der Waals surface area contributed by atoms with E-state index in [2.05, 4.69) is 20.9 Å². The summed E-state index contributed by atoms with van der Waals surface area (Å²) in [6.45, 7) is 1.07. The lowest BCUT2D eigenvalue weighted by Crippen LogP contribution is -2.49. The minimum Gasteiger partial charge on any atom is -0.481 e. The van der Waals surface area contributed by atoms with Crippen molar-refractivity contribution in [3.63, 3.8) is 0 Å². The van der Waals surface area contributed by atoms with Crippen molar-refractivity contribution in [2.24, 2.45) is 0 Å². The molecule has 0 saturated carbocycles. The van der Waals surface area contributed by atoms with E-state index in [1.54, 1.807) is 17.2 Å². The van der Waals surface area contributed by atoms with Gasteiger partial charge in [0.25, 0.3) is 5.91 Å². The van der Waals surface area contributed by atoms with Crippen LogP contribution in [0.1, 0.15) is 16.8 Å². The highest BCUT2D eigenvalue weighted by Gasteiger charge is 2.30. The van der Waals surface area contributed by atoms with E-state index in [4.69, 9.17) is 9.84 Å². The smallest absolute Gasteiger partial charge is 0.305 e. The minimum atomic E-state index is -0.943. The lowest BCUT2D eigenvalue weighted by molar-refractivity contribution is -0.139. The number of carbonyl (C=O) groups excluding carboxylic acids is 1. The molecule has 0 spiro atoms. The summed E-state index contributed by atoms with van der Waals surface area (Å²) in [5.41, 5.74) is 0.479. The van der Waals surface area contributed by atoms with Crippen LogP contribution in [0.3, 0.4) is 0 Å². The number of pyridine rings is 1. The van der Waals surface area contributed by atoms with Gasteiger partial charge in [-0.15, -0.1) is 0 Å². The van der Waals surface area contributed by atoms with Gasteiger partial charge < -0.3 is 14.7 Å². The van der Waals surface area contributed by atoms with Gasteiger partial charge in [-0.25, -0.2) is 0 Å². The molecule has 0 bridgehead atoms. The van der Waals surface area contributed by atoms with Gasteiger partial charge in [-0.3, -0.25) is 14.6 Å². The van der Waals surface area contributed by atoms with E-state index in [0.717, 1.165) is 0 Å². The molecule has 102 valence electrons. The van der Waals surface area contributed by atoms with Crippen molar-refractivity contribution >= 4 is 27.8 Å². The predicted octanol–water partition coefficient (Wildman–Crippen LogP) is 1.16. The standard InChI is InChI=1S/C12H13BrN2O4/c13-10-6-14-2-1-9(10)12(18)15-3-4-19-7-8(15)5-11(16)17/h1-2,6,8H,3-5,7H2,(H,16,17). The SMILES string of the molecule is O=C(O)CC1COCCN1C(=O)c1ccncc1Br. The van der Waals surface area contributed by atoms with Crippen molar-refractivity contribution in [3.8, 4) is 0 Å². The van der Waals surface area contributed by atoms with Crippen LogP contribution in [0, 0.1) is 0 Å². The molecule has 1 aromatic heterocycles. The number of nitrogens with zero attached hydrogens (tertiary/aromatic N) is 2. The molecule has 1 aliphatic heterocycles. The molecule has 19 heavy (non-hydrogen) atoms. The average Bonchev–Trinajstić information content (AvgIpc) is 2.38. The molecule has 1 N–H and O–H groups in total. The van der Waals surface area contributed by atoms with Crippen molar-refractivity contribution in [2.75, 3.05) is 19.8 Å². The Morgan fingerprint density at radius 1 is 1.58 bits per heavy atom. The Labute approximate surface area is 118 Å². The fourth-order valence-corrected chi connectivity index (χ4v) is 2.42. The fraction of sp³-hybridized carbons (Fsp3) is 0.417. The molecule has 1 saturated heterocycles. The van der Waals surface area contributed by atoms with Crippen molar-refractivity contribution in [3.05, 3.63) is 28.5 Å².